The van der Waals surface area contributed by atoms with Crippen molar-refractivity contribution in [2.75, 3.05) is 0 Å². The Morgan fingerprint density at radius 1 is 1.39 bits per heavy atom. The summed E-state index contributed by atoms with van der Waals surface area (Å²) in [5.74, 6) is -0.924. The van der Waals surface area contributed by atoms with Crippen molar-refractivity contribution in [3.8, 4) is 5.69 Å². The molecule has 0 radical (unpaired) electrons. The van der Waals surface area contributed by atoms with Gasteiger partial charge in [0.2, 0.25) is 0 Å². The number of aromatic nitrogens is 1. The molecule has 1 aromatic carbocycles. The van der Waals surface area contributed by atoms with E-state index in [1.165, 1.54) is 0 Å². The van der Waals surface area contributed by atoms with Crippen LogP contribution in [0.15, 0.2) is 28.7 Å². The zero-order valence-corrected chi connectivity index (χ0v) is 12.2. The molecule has 0 atom stereocenters. The van der Waals surface area contributed by atoms with Gasteiger partial charge in [0.05, 0.1) is 20.7 Å². The largest absolute Gasteiger partial charge is 0.478 e. The zero-order valence-electron chi connectivity index (χ0n) is 9.87. The predicted molar refractivity (Wildman–Crippen MR) is 74.9 cm³/mol. The summed E-state index contributed by atoms with van der Waals surface area (Å²) in [6.45, 7) is 3.65. The minimum atomic E-state index is -0.924. The number of nitrogens with zero attached hydrogens (tertiary/aromatic N) is 1. The molecule has 1 heterocycles. The zero-order chi connectivity index (χ0) is 13.4. The third-order valence-corrected chi connectivity index (χ3v) is 4.21. The molecule has 0 spiro atoms. The van der Waals surface area contributed by atoms with Crippen LogP contribution in [0.2, 0.25) is 5.02 Å². The van der Waals surface area contributed by atoms with Gasteiger partial charge in [-0.3, -0.25) is 0 Å². The molecule has 3 nitrogen and oxygen atoms in total. The molecule has 1 aromatic heterocycles. The number of carboxylic acid groups (broad SMARTS) is 1. The number of aromatic carboxylic acids is 1. The van der Waals surface area contributed by atoms with Crippen LogP contribution in [0.4, 0.5) is 0 Å². The molecule has 2 rings (SSSR count). The van der Waals surface area contributed by atoms with E-state index in [4.69, 9.17) is 16.7 Å². The minimum absolute atomic E-state index is 0.305. The van der Waals surface area contributed by atoms with Crippen molar-refractivity contribution in [1.29, 1.82) is 0 Å². The SMILES string of the molecule is Cc1cc(C(=O)O)c(C)n1-c1cccc(Cl)c1Br. The lowest BCUT2D eigenvalue weighted by Gasteiger charge is -2.12. The highest BCUT2D eigenvalue weighted by atomic mass is 79.9. The third kappa shape index (κ3) is 2.06. The monoisotopic (exact) mass is 327 g/mol. The van der Waals surface area contributed by atoms with E-state index in [9.17, 15) is 4.79 Å². The number of halogens is 2. The van der Waals surface area contributed by atoms with Gasteiger partial charge in [-0.1, -0.05) is 17.7 Å². The Morgan fingerprint density at radius 2 is 2.06 bits per heavy atom. The molecule has 94 valence electrons. The number of benzene rings is 1. The number of rotatable bonds is 2. The molecule has 0 unspecified atom stereocenters. The lowest BCUT2D eigenvalue weighted by molar-refractivity contribution is 0.0696. The average molecular weight is 329 g/mol. The van der Waals surface area contributed by atoms with Gasteiger partial charge in [0.1, 0.15) is 0 Å². The fourth-order valence-electron chi connectivity index (χ4n) is 2.02. The molecule has 2 aromatic rings. The minimum Gasteiger partial charge on any atom is -0.478 e. The molecule has 0 bridgehead atoms. The van der Waals surface area contributed by atoms with E-state index in [0.29, 0.717) is 16.3 Å². The summed E-state index contributed by atoms with van der Waals surface area (Å²) < 4.78 is 2.63. The average Bonchev–Trinajstić information content (AvgIpc) is 2.59. The van der Waals surface area contributed by atoms with E-state index in [-0.39, 0.29) is 0 Å². The van der Waals surface area contributed by atoms with Gasteiger partial charge >= 0.3 is 5.97 Å². The maximum Gasteiger partial charge on any atom is 0.337 e. The van der Waals surface area contributed by atoms with Gasteiger partial charge in [0.15, 0.2) is 0 Å². The first kappa shape index (κ1) is 13.2. The maximum absolute atomic E-state index is 11.1. The summed E-state index contributed by atoms with van der Waals surface area (Å²) in [4.78, 5) is 11.1. The van der Waals surface area contributed by atoms with E-state index in [0.717, 1.165) is 15.9 Å². The molecule has 1 N–H and O–H groups in total. The number of hydrogen-bond donors (Lipinski definition) is 1. The van der Waals surface area contributed by atoms with Crippen molar-refractivity contribution in [2.24, 2.45) is 0 Å². The first-order valence-electron chi connectivity index (χ1n) is 5.30. The lowest BCUT2D eigenvalue weighted by Crippen LogP contribution is -2.03. The van der Waals surface area contributed by atoms with Crippen molar-refractivity contribution in [1.82, 2.24) is 4.57 Å². The van der Waals surface area contributed by atoms with Crippen molar-refractivity contribution < 1.29 is 9.90 Å². The highest BCUT2D eigenvalue weighted by Crippen LogP contribution is 2.31. The van der Waals surface area contributed by atoms with Crippen LogP contribution in [-0.2, 0) is 0 Å². The van der Waals surface area contributed by atoms with E-state index in [1.54, 1.807) is 19.1 Å². The van der Waals surface area contributed by atoms with Crippen LogP contribution in [0, 0.1) is 13.8 Å². The molecular formula is C13H11BrClNO2. The standard InChI is InChI=1S/C13H11BrClNO2/c1-7-6-9(13(17)18)8(2)16(7)11-5-3-4-10(15)12(11)14/h3-6H,1-2H3,(H,17,18). The Hall–Kier alpha value is -1.26. The summed E-state index contributed by atoms with van der Waals surface area (Å²) in [6, 6.07) is 7.16. The summed E-state index contributed by atoms with van der Waals surface area (Å²) in [7, 11) is 0. The predicted octanol–water partition coefficient (Wildman–Crippen LogP) is 4.21. The van der Waals surface area contributed by atoms with Gasteiger partial charge in [0, 0.05) is 11.4 Å². The van der Waals surface area contributed by atoms with Crippen LogP contribution in [-0.4, -0.2) is 15.6 Å². The molecule has 0 aliphatic carbocycles. The molecule has 0 fully saturated rings. The Morgan fingerprint density at radius 3 is 2.61 bits per heavy atom. The van der Waals surface area contributed by atoms with E-state index in [1.807, 2.05) is 23.6 Å². The Labute approximate surface area is 118 Å². The van der Waals surface area contributed by atoms with Gasteiger partial charge in [-0.25, -0.2) is 4.79 Å². The Bertz CT molecular complexity index is 634. The van der Waals surface area contributed by atoms with E-state index in [2.05, 4.69) is 15.9 Å². The van der Waals surface area contributed by atoms with Gasteiger partial charge in [0.25, 0.3) is 0 Å². The number of hydrogen-bond acceptors (Lipinski definition) is 1. The topological polar surface area (TPSA) is 42.2 Å². The summed E-state index contributed by atoms with van der Waals surface area (Å²) in [5, 5.41) is 9.72. The Balaban J connectivity index is 2.72. The van der Waals surface area contributed by atoms with Gasteiger partial charge in [-0.2, -0.15) is 0 Å². The van der Waals surface area contributed by atoms with Crippen LogP contribution in [0.1, 0.15) is 21.7 Å². The maximum atomic E-state index is 11.1. The Kier molecular flexibility index (Phi) is 3.50. The van der Waals surface area contributed by atoms with Gasteiger partial charge in [-0.05, 0) is 48.0 Å². The molecule has 18 heavy (non-hydrogen) atoms. The van der Waals surface area contributed by atoms with Crippen molar-refractivity contribution in [3.05, 3.63) is 50.7 Å². The third-order valence-electron chi connectivity index (χ3n) is 2.83. The molecule has 0 saturated heterocycles. The molecule has 0 aliphatic rings. The first-order chi connectivity index (χ1) is 8.43. The van der Waals surface area contributed by atoms with Crippen LogP contribution < -0.4 is 0 Å². The van der Waals surface area contributed by atoms with E-state index < -0.39 is 5.97 Å². The number of carboxylic acids is 1. The smallest absolute Gasteiger partial charge is 0.337 e. The number of aryl methyl sites for hydroxylation is 1. The summed E-state index contributed by atoms with van der Waals surface area (Å²) in [6.07, 6.45) is 0. The number of carbonyl (C=O) groups is 1. The van der Waals surface area contributed by atoms with Crippen LogP contribution in [0.5, 0.6) is 0 Å². The van der Waals surface area contributed by atoms with Gasteiger partial charge in [-0.15, -0.1) is 0 Å². The lowest BCUT2D eigenvalue weighted by atomic mass is 10.2. The molecule has 0 amide bonds. The van der Waals surface area contributed by atoms with Crippen molar-refractivity contribution >= 4 is 33.5 Å². The van der Waals surface area contributed by atoms with Crippen LogP contribution >= 0.6 is 27.5 Å². The normalized spacial score (nSPS) is 10.7. The van der Waals surface area contributed by atoms with Crippen molar-refractivity contribution in [2.45, 2.75) is 13.8 Å². The molecule has 5 heteroatoms. The second-order valence-corrected chi connectivity index (χ2v) is 5.20. The quantitative estimate of drug-likeness (QED) is 0.897. The summed E-state index contributed by atoms with van der Waals surface area (Å²) >= 11 is 9.49. The van der Waals surface area contributed by atoms with Crippen LogP contribution in [0.3, 0.4) is 0 Å². The second kappa shape index (κ2) is 4.78. The van der Waals surface area contributed by atoms with E-state index >= 15 is 0 Å². The van der Waals surface area contributed by atoms with Crippen molar-refractivity contribution in [3.63, 3.8) is 0 Å². The van der Waals surface area contributed by atoms with Gasteiger partial charge < -0.3 is 9.67 Å². The first-order valence-corrected chi connectivity index (χ1v) is 6.47. The molecule has 0 aliphatic heterocycles. The molecule has 0 saturated carbocycles. The summed E-state index contributed by atoms with van der Waals surface area (Å²) in [5.41, 5.74) is 2.68. The highest BCUT2D eigenvalue weighted by molar-refractivity contribution is 9.10. The fraction of sp³-hybridized carbons (Fsp3) is 0.154. The fourth-order valence-corrected chi connectivity index (χ4v) is 2.63. The highest BCUT2D eigenvalue weighted by Gasteiger charge is 2.17. The second-order valence-electron chi connectivity index (χ2n) is 4.00. The molecular weight excluding hydrogens is 318 g/mol. The van der Waals surface area contributed by atoms with Crippen LogP contribution in [0.25, 0.3) is 5.69 Å².